The Kier molecular flexibility index (Phi) is 4.00. The molecule has 1 N–H and O–H groups in total. The first-order valence-electron chi connectivity index (χ1n) is 6.92. The molecule has 0 unspecified atom stereocenters. The fourth-order valence-electron chi connectivity index (χ4n) is 2.85. The second-order valence-corrected chi connectivity index (χ2v) is 6.38. The van der Waals surface area contributed by atoms with Crippen LogP contribution in [0.2, 0.25) is 0 Å². The van der Waals surface area contributed by atoms with Gasteiger partial charge in [0.05, 0.1) is 7.11 Å². The Morgan fingerprint density at radius 3 is 2.67 bits per heavy atom. The minimum Gasteiger partial charge on any atom is -0.497 e. The van der Waals surface area contributed by atoms with Crippen molar-refractivity contribution in [3.63, 3.8) is 0 Å². The van der Waals surface area contributed by atoms with Gasteiger partial charge >= 0.3 is 0 Å². The van der Waals surface area contributed by atoms with E-state index in [2.05, 4.69) is 21.2 Å². The molecule has 1 fully saturated rings. The number of nitrogens with one attached hydrogen (secondary N) is 1. The Morgan fingerprint density at radius 2 is 2.05 bits per heavy atom. The second-order valence-electron chi connectivity index (χ2n) is 5.53. The van der Waals surface area contributed by atoms with Crippen molar-refractivity contribution in [3.05, 3.63) is 63.9 Å². The molecule has 3 rings (SSSR count). The van der Waals surface area contributed by atoms with Crippen LogP contribution in [0.1, 0.15) is 11.1 Å². The van der Waals surface area contributed by atoms with Gasteiger partial charge in [-0.2, -0.15) is 0 Å². The van der Waals surface area contributed by atoms with E-state index in [-0.39, 0.29) is 11.2 Å². The van der Waals surface area contributed by atoms with E-state index in [1.807, 2.05) is 24.3 Å². The van der Waals surface area contributed by atoms with Crippen LogP contribution in [0.4, 0.5) is 4.39 Å². The van der Waals surface area contributed by atoms with E-state index in [9.17, 15) is 4.39 Å². The first-order chi connectivity index (χ1) is 10.1. The minimum absolute atomic E-state index is 0.0447. The van der Waals surface area contributed by atoms with Crippen LogP contribution in [0.3, 0.4) is 0 Å². The summed E-state index contributed by atoms with van der Waals surface area (Å²) in [6.07, 6.45) is 0.848. The van der Waals surface area contributed by atoms with Gasteiger partial charge in [0.25, 0.3) is 0 Å². The highest BCUT2D eigenvalue weighted by Crippen LogP contribution is 2.36. The third kappa shape index (κ3) is 2.83. The maximum atomic E-state index is 13.5. The van der Waals surface area contributed by atoms with E-state index < -0.39 is 0 Å². The van der Waals surface area contributed by atoms with Crippen LogP contribution in [-0.4, -0.2) is 20.2 Å². The van der Waals surface area contributed by atoms with Crippen LogP contribution in [0.15, 0.2) is 46.9 Å². The lowest BCUT2D eigenvalue weighted by molar-refractivity contribution is 0.273. The number of halogens is 2. The van der Waals surface area contributed by atoms with E-state index in [1.165, 1.54) is 11.6 Å². The Balaban J connectivity index is 1.94. The number of benzene rings is 2. The number of ether oxygens (including phenoxy) is 1. The molecule has 1 saturated heterocycles. The van der Waals surface area contributed by atoms with Crippen LogP contribution in [0.25, 0.3) is 0 Å². The zero-order valence-electron chi connectivity index (χ0n) is 11.8. The van der Waals surface area contributed by atoms with Crippen LogP contribution in [0.5, 0.6) is 5.75 Å². The number of methoxy groups -OCH3 is 1. The van der Waals surface area contributed by atoms with Gasteiger partial charge in [0.15, 0.2) is 0 Å². The first-order valence-corrected chi connectivity index (χ1v) is 7.71. The van der Waals surface area contributed by atoms with Gasteiger partial charge < -0.3 is 10.1 Å². The molecule has 0 saturated carbocycles. The monoisotopic (exact) mass is 349 g/mol. The lowest BCUT2D eigenvalue weighted by atomic mass is 9.71. The summed E-state index contributed by atoms with van der Waals surface area (Å²) in [6.45, 7) is 1.72. The topological polar surface area (TPSA) is 21.3 Å². The Bertz CT molecular complexity index is 655. The first kappa shape index (κ1) is 14.5. The summed E-state index contributed by atoms with van der Waals surface area (Å²) in [7, 11) is 1.67. The molecular weight excluding hydrogens is 333 g/mol. The van der Waals surface area contributed by atoms with Crippen molar-refractivity contribution in [2.45, 2.75) is 11.8 Å². The quantitative estimate of drug-likeness (QED) is 0.908. The maximum Gasteiger partial charge on any atom is 0.123 e. The normalized spacial score (nSPS) is 16.3. The van der Waals surface area contributed by atoms with Gasteiger partial charge in [0, 0.05) is 23.0 Å². The lowest BCUT2D eigenvalue weighted by Gasteiger charge is -2.43. The molecule has 0 aliphatic carbocycles. The number of rotatable bonds is 4. The van der Waals surface area contributed by atoms with Crippen LogP contribution in [0, 0.1) is 5.82 Å². The third-order valence-corrected chi connectivity index (χ3v) is 4.92. The molecule has 110 valence electrons. The molecule has 0 aromatic heterocycles. The fraction of sp³-hybridized carbons (Fsp3) is 0.294. The summed E-state index contributed by atoms with van der Waals surface area (Å²) in [5, 5.41) is 3.32. The van der Waals surface area contributed by atoms with Crippen LogP contribution >= 0.6 is 15.9 Å². The van der Waals surface area contributed by atoms with Gasteiger partial charge in [-0.05, 0) is 47.9 Å². The Hall–Kier alpha value is -1.39. The van der Waals surface area contributed by atoms with Crippen molar-refractivity contribution in [2.24, 2.45) is 0 Å². The molecule has 0 spiro atoms. The predicted octanol–water partition coefficient (Wildman–Crippen LogP) is 3.68. The van der Waals surface area contributed by atoms with Crippen molar-refractivity contribution in [3.8, 4) is 5.75 Å². The van der Waals surface area contributed by atoms with E-state index in [0.717, 1.165) is 35.3 Å². The molecule has 0 amide bonds. The fourth-order valence-corrected chi connectivity index (χ4v) is 3.24. The van der Waals surface area contributed by atoms with Gasteiger partial charge in [-0.25, -0.2) is 4.39 Å². The van der Waals surface area contributed by atoms with Gasteiger partial charge in [-0.15, -0.1) is 0 Å². The highest BCUT2D eigenvalue weighted by molar-refractivity contribution is 9.10. The van der Waals surface area contributed by atoms with Crippen LogP contribution < -0.4 is 10.1 Å². The van der Waals surface area contributed by atoms with Gasteiger partial charge in [0.2, 0.25) is 0 Å². The summed E-state index contributed by atoms with van der Waals surface area (Å²) in [5.74, 6) is 0.665. The van der Waals surface area contributed by atoms with Crippen molar-refractivity contribution in [1.29, 1.82) is 0 Å². The molecule has 1 aliphatic rings. The van der Waals surface area contributed by atoms with E-state index >= 15 is 0 Å². The van der Waals surface area contributed by atoms with Crippen LogP contribution in [-0.2, 0) is 11.8 Å². The number of hydrogen-bond acceptors (Lipinski definition) is 2. The highest BCUT2D eigenvalue weighted by atomic mass is 79.9. The molecule has 4 heteroatoms. The lowest BCUT2D eigenvalue weighted by Crippen LogP contribution is -2.58. The summed E-state index contributed by atoms with van der Waals surface area (Å²) in [6, 6.07) is 12.9. The van der Waals surface area contributed by atoms with Crippen molar-refractivity contribution < 1.29 is 9.13 Å². The largest absolute Gasteiger partial charge is 0.497 e. The summed E-state index contributed by atoms with van der Waals surface area (Å²) >= 11 is 3.60. The van der Waals surface area contributed by atoms with E-state index in [0.29, 0.717) is 0 Å². The molecule has 21 heavy (non-hydrogen) atoms. The standard InChI is InChI=1S/C17H17BrFNO/c1-21-15-5-6-16(18)12(7-15)9-17(10-20-11-17)13-3-2-4-14(19)8-13/h2-8,20H,9-11H2,1H3. The second kappa shape index (κ2) is 5.78. The number of hydrogen-bond donors (Lipinski definition) is 1. The Labute approximate surface area is 132 Å². The van der Waals surface area contributed by atoms with Gasteiger partial charge in [-0.1, -0.05) is 28.1 Å². The molecule has 1 aliphatic heterocycles. The van der Waals surface area contributed by atoms with Crippen molar-refractivity contribution in [2.75, 3.05) is 20.2 Å². The zero-order chi connectivity index (χ0) is 14.9. The zero-order valence-corrected chi connectivity index (χ0v) is 13.4. The molecule has 2 nitrogen and oxygen atoms in total. The minimum atomic E-state index is -0.177. The molecular formula is C17H17BrFNO. The molecule has 1 heterocycles. The molecule has 0 atom stereocenters. The molecule has 2 aromatic carbocycles. The average molecular weight is 350 g/mol. The SMILES string of the molecule is COc1ccc(Br)c(CC2(c3cccc(F)c3)CNC2)c1. The maximum absolute atomic E-state index is 13.5. The third-order valence-electron chi connectivity index (χ3n) is 4.15. The molecule has 2 aromatic rings. The highest BCUT2D eigenvalue weighted by Gasteiger charge is 2.39. The summed E-state index contributed by atoms with van der Waals surface area (Å²) in [4.78, 5) is 0. The van der Waals surface area contributed by atoms with Gasteiger partial charge in [0.1, 0.15) is 11.6 Å². The van der Waals surface area contributed by atoms with E-state index in [1.54, 1.807) is 19.2 Å². The Morgan fingerprint density at radius 1 is 1.24 bits per heavy atom. The predicted molar refractivity (Wildman–Crippen MR) is 85.3 cm³/mol. The van der Waals surface area contributed by atoms with E-state index in [4.69, 9.17) is 4.74 Å². The molecule has 0 radical (unpaired) electrons. The van der Waals surface area contributed by atoms with Crippen molar-refractivity contribution in [1.82, 2.24) is 5.32 Å². The summed E-state index contributed by atoms with van der Waals surface area (Å²) < 4.78 is 19.9. The summed E-state index contributed by atoms with van der Waals surface area (Å²) in [5.41, 5.74) is 2.19. The smallest absolute Gasteiger partial charge is 0.123 e. The van der Waals surface area contributed by atoms with Gasteiger partial charge in [-0.3, -0.25) is 0 Å². The van der Waals surface area contributed by atoms with Crippen molar-refractivity contribution >= 4 is 15.9 Å². The average Bonchev–Trinajstić information content (AvgIpc) is 2.44. The molecule has 0 bridgehead atoms.